The molecular formula is C16H28N2O3. The highest BCUT2D eigenvalue weighted by Crippen LogP contribution is 2.36. The third kappa shape index (κ3) is 3.34. The maximum absolute atomic E-state index is 12.4. The van der Waals surface area contributed by atoms with Gasteiger partial charge in [0.15, 0.2) is 5.79 Å². The van der Waals surface area contributed by atoms with Crippen LogP contribution in [0.2, 0.25) is 0 Å². The molecule has 0 spiro atoms. The van der Waals surface area contributed by atoms with Crippen LogP contribution in [0.1, 0.15) is 46.0 Å². The van der Waals surface area contributed by atoms with Crippen LogP contribution in [0.3, 0.4) is 0 Å². The largest absolute Gasteiger partial charge is 0.347 e. The van der Waals surface area contributed by atoms with Crippen LogP contribution >= 0.6 is 0 Å². The van der Waals surface area contributed by atoms with E-state index in [0.717, 1.165) is 32.4 Å². The molecule has 2 amide bonds. The summed E-state index contributed by atoms with van der Waals surface area (Å²) in [7, 11) is 0. The molecule has 1 aliphatic carbocycles. The molecule has 3 atom stereocenters. The molecule has 3 fully saturated rings. The summed E-state index contributed by atoms with van der Waals surface area (Å²) in [4.78, 5) is 14.3. The second-order valence-corrected chi connectivity index (χ2v) is 6.84. The van der Waals surface area contributed by atoms with Crippen LogP contribution in [0.25, 0.3) is 0 Å². The number of carbonyl (C=O) groups is 1. The molecule has 3 aliphatic rings. The molecule has 1 N–H and O–H groups in total. The third-order valence-corrected chi connectivity index (χ3v) is 5.20. The van der Waals surface area contributed by atoms with Crippen molar-refractivity contribution in [1.29, 1.82) is 0 Å². The van der Waals surface area contributed by atoms with E-state index in [4.69, 9.17) is 9.47 Å². The molecule has 0 bridgehead atoms. The van der Waals surface area contributed by atoms with E-state index in [1.165, 1.54) is 12.8 Å². The fourth-order valence-corrected chi connectivity index (χ4v) is 3.72. The van der Waals surface area contributed by atoms with E-state index in [-0.39, 0.29) is 11.9 Å². The number of rotatable bonds is 4. The number of nitrogens with zero attached hydrogens (tertiary/aromatic N) is 1. The van der Waals surface area contributed by atoms with Gasteiger partial charge in [0.1, 0.15) is 0 Å². The van der Waals surface area contributed by atoms with Crippen LogP contribution < -0.4 is 5.32 Å². The van der Waals surface area contributed by atoms with Crippen molar-refractivity contribution in [2.75, 3.05) is 26.3 Å². The molecule has 120 valence electrons. The number of hydrogen-bond donors (Lipinski definition) is 1. The van der Waals surface area contributed by atoms with E-state index in [2.05, 4.69) is 12.2 Å². The predicted molar refractivity (Wildman–Crippen MR) is 79.9 cm³/mol. The summed E-state index contributed by atoms with van der Waals surface area (Å²) < 4.78 is 11.5. The Hall–Kier alpha value is -0.810. The van der Waals surface area contributed by atoms with E-state index in [1.807, 2.05) is 11.8 Å². The van der Waals surface area contributed by atoms with Crippen LogP contribution in [0.5, 0.6) is 0 Å². The van der Waals surface area contributed by atoms with Crippen molar-refractivity contribution >= 4 is 6.03 Å². The first-order valence-corrected chi connectivity index (χ1v) is 8.45. The summed E-state index contributed by atoms with van der Waals surface area (Å²) >= 11 is 0. The van der Waals surface area contributed by atoms with Crippen molar-refractivity contribution in [3.8, 4) is 0 Å². The second-order valence-electron chi connectivity index (χ2n) is 6.84. The number of likely N-dealkylation sites (tertiary alicyclic amines) is 1. The highest BCUT2D eigenvalue weighted by atomic mass is 16.7. The average Bonchev–Trinajstić information content (AvgIpc) is 3.05. The topological polar surface area (TPSA) is 50.8 Å². The van der Waals surface area contributed by atoms with Gasteiger partial charge in [0, 0.05) is 25.0 Å². The van der Waals surface area contributed by atoms with Crippen LogP contribution in [-0.4, -0.2) is 49.1 Å². The smallest absolute Gasteiger partial charge is 0.317 e. The average molecular weight is 296 g/mol. The number of ether oxygens (including phenoxy) is 2. The summed E-state index contributed by atoms with van der Waals surface area (Å²) in [6, 6.07) is 0.511. The van der Waals surface area contributed by atoms with Crippen molar-refractivity contribution in [3.05, 3.63) is 0 Å². The molecule has 3 rings (SSSR count). The van der Waals surface area contributed by atoms with Gasteiger partial charge in [-0.1, -0.05) is 13.3 Å². The van der Waals surface area contributed by atoms with Gasteiger partial charge in [0.2, 0.25) is 0 Å². The van der Waals surface area contributed by atoms with Crippen molar-refractivity contribution in [2.24, 2.45) is 11.8 Å². The zero-order valence-electron chi connectivity index (χ0n) is 13.3. The van der Waals surface area contributed by atoms with Gasteiger partial charge in [-0.2, -0.15) is 0 Å². The number of hydrogen-bond acceptors (Lipinski definition) is 3. The molecule has 0 radical (unpaired) electrons. The Labute approximate surface area is 127 Å². The zero-order chi connectivity index (χ0) is 14.9. The van der Waals surface area contributed by atoms with E-state index >= 15 is 0 Å². The maximum Gasteiger partial charge on any atom is 0.317 e. The lowest BCUT2D eigenvalue weighted by molar-refractivity contribution is -0.189. The molecule has 2 saturated heterocycles. The molecule has 21 heavy (non-hydrogen) atoms. The van der Waals surface area contributed by atoms with Crippen molar-refractivity contribution in [1.82, 2.24) is 10.2 Å². The Balaban J connectivity index is 1.50. The fourth-order valence-electron chi connectivity index (χ4n) is 3.72. The Morgan fingerprint density at radius 1 is 1.38 bits per heavy atom. The first kappa shape index (κ1) is 15.1. The SMILES string of the molecule is CCC[C@@H]1C[C@@H]1NC(=O)N1CCC[C@H](C2(C)OCCO2)C1. The predicted octanol–water partition coefficient (Wildman–Crippen LogP) is 2.36. The Kier molecular flexibility index (Phi) is 4.41. The molecule has 2 heterocycles. The normalized spacial score (nSPS) is 34.8. The van der Waals surface area contributed by atoms with E-state index in [0.29, 0.717) is 25.2 Å². The summed E-state index contributed by atoms with van der Waals surface area (Å²) in [6.07, 6.45) is 5.69. The molecule has 1 saturated carbocycles. The summed E-state index contributed by atoms with van der Waals surface area (Å²) in [5.74, 6) is 0.493. The number of piperidine rings is 1. The Bertz CT molecular complexity index is 382. The lowest BCUT2D eigenvalue weighted by Gasteiger charge is -2.39. The summed E-state index contributed by atoms with van der Waals surface area (Å²) in [5.41, 5.74) is 0. The monoisotopic (exact) mass is 296 g/mol. The van der Waals surface area contributed by atoms with Gasteiger partial charge in [-0.3, -0.25) is 0 Å². The molecule has 0 aromatic heterocycles. The fraction of sp³-hybridized carbons (Fsp3) is 0.938. The summed E-state index contributed by atoms with van der Waals surface area (Å²) in [6.45, 7) is 7.15. The molecule has 0 aromatic rings. The van der Waals surface area contributed by atoms with Crippen molar-refractivity contribution < 1.29 is 14.3 Å². The van der Waals surface area contributed by atoms with Crippen LogP contribution in [0.15, 0.2) is 0 Å². The number of carbonyl (C=O) groups excluding carboxylic acids is 1. The lowest BCUT2D eigenvalue weighted by Crippen LogP contribution is -2.51. The molecule has 0 unspecified atom stereocenters. The molecule has 5 nitrogen and oxygen atoms in total. The standard InChI is InChI=1S/C16H28N2O3/c1-3-5-12-10-14(12)17-15(19)18-7-4-6-13(11-18)16(2)20-8-9-21-16/h12-14H,3-11H2,1-2H3,(H,17,19)/t12-,13+,14+/m1/s1. The van der Waals surface area contributed by atoms with Crippen LogP contribution in [0, 0.1) is 11.8 Å². The number of urea groups is 1. The third-order valence-electron chi connectivity index (χ3n) is 5.20. The van der Waals surface area contributed by atoms with Crippen molar-refractivity contribution in [3.63, 3.8) is 0 Å². The first-order chi connectivity index (χ1) is 10.1. The minimum atomic E-state index is -0.497. The minimum Gasteiger partial charge on any atom is -0.347 e. The summed E-state index contributed by atoms with van der Waals surface area (Å²) in [5, 5.41) is 3.19. The first-order valence-electron chi connectivity index (χ1n) is 8.45. The van der Waals surface area contributed by atoms with Gasteiger partial charge in [-0.05, 0) is 38.5 Å². The van der Waals surface area contributed by atoms with Gasteiger partial charge in [0.25, 0.3) is 0 Å². The zero-order valence-corrected chi connectivity index (χ0v) is 13.3. The van der Waals surface area contributed by atoms with Crippen LogP contribution in [0.4, 0.5) is 4.79 Å². The number of amides is 2. The van der Waals surface area contributed by atoms with E-state index < -0.39 is 5.79 Å². The van der Waals surface area contributed by atoms with E-state index in [9.17, 15) is 4.79 Å². The van der Waals surface area contributed by atoms with Gasteiger partial charge in [0.05, 0.1) is 13.2 Å². The molecule has 0 aromatic carbocycles. The van der Waals surface area contributed by atoms with Gasteiger partial charge in [-0.15, -0.1) is 0 Å². The van der Waals surface area contributed by atoms with Crippen LogP contribution in [-0.2, 0) is 9.47 Å². The second kappa shape index (κ2) is 6.13. The highest BCUT2D eigenvalue weighted by molar-refractivity contribution is 5.75. The Morgan fingerprint density at radius 3 is 2.86 bits per heavy atom. The van der Waals surface area contributed by atoms with E-state index in [1.54, 1.807) is 0 Å². The quantitative estimate of drug-likeness (QED) is 0.866. The lowest BCUT2D eigenvalue weighted by atomic mass is 9.90. The van der Waals surface area contributed by atoms with Gasteiger partial charge in [-0.25, -0.2) is 4.79 Å². The van der Waals surface area contributed by atoms with Gasteiger partial charge < -0.3 is 19.7 Å². The van der Waals surface area contributed by atoms with Gasteiger partial charge >= 0.3 is 6.03 Å². The van der Waals surface area contributed by atoms with Crippen molar-refractivity contribution in [2.45, 2.75) is 57.8 Å². The number of nitrogens with one attached hydrogen (secondary N) is 1. The molecule has 5 heteroatoms. The minimum absolute atomic E-state index is 0.102. The molecule has 2 aliphatic heterocycles. The molecular weight excluding hydrogens is 268 g/mol. The Morgan fingerprint density at radius 2 is 2.14 bits per heavy atom. The highest BCUT2D eigenvalue weighted by Gasteiger charge is 2.43. The maximum atomic E-state index is 12.4.